The van der Waals surface area contributed by atoms with Crippen molar-refractivity contribution in [2.24, 2.45) is 0 Å². The molecule has 4 heteroatoms. The maximum absolute atomic E-state index is 11.7. The van der Waals surface area contributed by atoms with E-state index in [-0.39, 0.29) is 5.91 Å². The Morgan fingerprint density at radius 1 is 1.33 bits per heavy atom. The van der Waals surface area contributed by atoms with Gasteiger partial charge in [-0.25, -0.2) is 0 Å². The van der Waals surface area contributed by atoms with E-state index in [0.29, 0.717) is 18.6 Å². The lowest BCUT2D eigenvalue weighted by molar-refractivity contribution is -0.121. The number of carbonyl (C=O) groups excluding carboxylic acids is 1. The van der Waals surface area contributed by atoms with Gasteiger partial charge < -0.3 is 15.5 Å². The molecule has 1 amide bonds. The van der Waals surface area contributed by atoms with Crippen LogP contribution in [0.5, 0.6) is 0 Å². The van der Waals surface area contributed by atoms with Crippen LogP contribution in [0, 0.1) is 0 Å². The standard InChI is InChI=1S/C14H29N3O/c1-4-5-8-17-9-6-13(7-10-17)16-14(18)11-15-12(2)3/h12-13,15H,4-11H2,1-3H3,(H,16,18). The van der Waals surface area contributed by atoms with Gasteiger partial charge in [-0.2, -0.15) is 0 Å². The predicted molar refractivity (Wildman–Crippen MR) is 75.7 cm³/mol. The zero-order valence-electron chi connectivity index (χ0n) is 12.2. The summed E-state index contributed by atoms with van der Waals surface area (Å²) in [5.41, 5.74) is 0. The number of carbonyl (C=O) groups is 1. The molecule has 4 nitrogen and oxygen atoms in total. The summed E-state index contributed by atoms with van der Waals surface area (Å²) in [6, 6.07) is 0.746. The van der Waals surface area contributed by atoms with E-state index in [4.69, 9.17) is 0 Å². The molecule has 0 saturated carbocycles. The molecule has 1 saturated heterocycles. The number of nitrogens with one attached hydrogen (secondary N) is 2. The third-order valence-electron chi connectivity index (χ3n) is 3.45. The molecule has 1 aliphatic heterocycles. The van der Waals surface area contributed by atoms with Crippen molar-refractivity contribution in [3.05, 3.63) is 0 Å². The van der Waals surface area contributed by atoms with Gasteiger partial charge >= 0.3 is 0 Å². The normalized spacial score (nSPS) is 18.2. The first-order chi connectivity index (χ1) is 8.61. The first-order valence-electron chi connectivity index (χ1n) is 7.37. The van der Waals surface area contributed by atoms with Crippen LogP contribution in [0.1, 0.15) is 46.5 Å². The molecule has 0 aromatic heterocycles. The highest BCUT2D eigenvalue weighted by Crippen LogP contribution is 2.10. The molecule has 0 aliphatic carbocycles. The molecule has 0 atom stereocenters. The van der Waals surface area contributed by atoms with Crippen molar-refractivity contribution >= 4 is 5.91 Å². The van der Waals surface area contributed by atoms with Gasteiger partial charge in [-0.3, -0.25) is 4.79 Å². The Hall–Kier alpha value is -0.610. The number of nitrogens with zero attached hydrogens (tertiary/aromatic N) is 1. The first-order valence-corrected chi connectivity index (χ1v) is 7.37. The summed E-state index contributed by atoms with van der Waals surface area (Å²) in [5.74, 6) is 0.135. The summed E-state index contributed by atoms with van der Waals surface area (Å²) >= 11 is 0. The summed E-state index contributed by atoms with van der Waals surface area (Å²) < 4.78 is 0. The van der Waals surface area contributed by atoms with Gasteiger partial charge in [0.15, 0.2) is 0 Å². The molecule has 106 valence electrons. The Bertz CT molecular complexity index is 235. The van der Waals surface area contributed by atoms with Gasteiger partial charge in [0, 0.05) is 25.2 Å². The summed E-state index contributed by atoms with van der Waals surface area (Å²) in [6.07, 6.45) is 4.74. The number of unbranched alkanes of at least 4 members (excludes halogenated alkanes) is 1. The number of piperidine rings is 1. The molecule has 18 heavy (non-hydrogen) atoms. The van der Waals surface area contributed by atoms with Gasteiger partial charge in [0.25, 0.3) is 0 Å². The van der Waals surface area contributed by atoms with Crippen LogP contribution >= 0.6 is 0 Å². The third-order valence-corrected chi connectivity index (χ3v) is 3.45. The quantitative estimate of drug-likeness (QED) is 0.722. The summed E-state index contributed by atoms with van der Waals surface area (Å²) in [6.45, 7) is 10.2. The molecule has 0 aromatic carbocycles. The molecular formula is C14H29N3O. The summed E-state index contributed by atoms with van der Waals surface area (Å²) in [5, 5.41) is 6.27. The van der Waals surface area contributed by atoms with E-state index >= 15 is 0 Å². The minimum absolute atomic E-state index is 0.135. The maximum atomic E-state index is 11.7. The second kappa shape index (κ2) is 8.48. The Labute approximate surface area is 111 Å². The van der Waals surface area contributed by atoms with Crippen molar-refractivity contribution in [3.63, 3.8) is 0 Å². The Kier molecular flexibility index (Phi) is 7.28. The number of hydrogen-bond acceptors (Lipinski definition) is 3. The zero-order chi connectivity index (χ0) is 13.4. The molecular weight excluding hydrogens is 226 g/mol. The van der Waals surface area contributed by atoms with Gasteiger partial charge in [-0.1, -0.05) is 27.2 Å². The number of hydrogen-bond donors (Lipinski definition) is 2. The largest absolute Gasteiger partial charge is 0.352 e. The third kappa shape index (κ3) is 6.36. The minimum atomic E-state index is 0.135. The maximum Gasteiger partial charge on any atom is 0.234 e. The van der Waals surface area contributed by atoms with Crippen LogP contribution in [0.4, 0.5) is 0 Å². The monoisotopic (exact) mass is 255 g/mol. The van der Waals surface area contributed by atoms with E-state index in [0.717, 1.165) is 25.9 Å². The Balaban J connectivity index is 2.13. The highest BCUT2D eigenvalue weighted by molar-refractivity contribution is 5.78. The average molecular weight is 255 g/mol. The predicted octanol–water partition coefficient (Wildman–Crippen LogP) is 1.37. The fourth-order valence-electron chi connectivity index (χ4n) is 2.26. The zero-order valence-corrected chi connectivity index (χ0v) is 12.2. The van der Waals surface area contributed by atoms with Crippen LogP contribution in [0.3, 0.4) is 0 Å². The first kappa shape index (κ1) is 15.4. The molecule has 1 fully saturated rings. The van der Waals surface area contributed by atoms with Gasteiger partial charge in [-0.15, -0.1) is 0 Å². The lowest BCUT2D eigenvalue weighted by Gasteiger charge is -2.32. The highest BCUT2D eigenvalue weighted by atomic mass is 16.2. The Morgan fingerprint density at radius 3 is 2.56 bits per heavy atom. The van der Waals surface area contributed by atoms with Crippen molar-refractivity contribution in [3.8, 4) is 0 Å². The van der Waals surface area contributed by atoms with Crippen LogP contribution in [0.15, 0.2) is 0 Å². The van der Waals surface area contributed by atoms with Gasteiger partial charge in [0.05, 0.1) is 6.54 Å². The van der Waals surface area contributed by atoms with E-state index in [1.165, 1.54) is 19.4 Å². The number of rotatable bonds is 7. The second-order valence-corrected chi connectivity index (χ2v) is 5.57. The van der Waals surface area contributed by atoms with E-state index < -0.39 is 0 Å². The molecule has 1 heterocycles. The molecule has 0 unspecified atom stereocenters. The molecule has 0 spiro atoms. The van der Waals surface area contributed by atoms with Crippen molar-refractivity contribution in [2.75, 3.05) is 26.2 Å². The van der Waals surface area contributed by atoms with E-state index in [2.05, 4.69) is 36.3 Å². The SMILES string of the molecule is CCCCN1CCC(NC(=O)CNC(C)C)CC1. The second-order valence-electron chi connectivity index (χ2n) is 5.57. The van der Waals surface area contributed by atoms with Gasteiger partial charge in [-0.05, 0) is 25.8 Å². The molecule has 1 rings (SSSR count). The van der Waals surface area contributed by atoms with Crippen molar-refractivity contribution < 1.29 is 4.79 Å². The van der Waals surface area contributed by atoms with Crippen molar-refractivity contribution in [1.29, 1.82) is 0 Å². The number of likely N-dealkylation sites (tertiary alicyclic amines) is 1. The molecule has 2 N–H and O–H groups in total. The van der Waals surface area contributed by atoms with Crippen LogP contribution in [-0.2, 0) is 4.79 Å². The van der Waals surface area contributed by atoms with Crippen molar-refractivity contribution in [1.82, 2.24) is 15.5 Å². The molecule has 0 radical (unpaired) electrons. The fourth-order valence-corrected chi connectivity index (χ4v) is 2.26. The molecule has 0 bridgehead atoms. The molecule has 0 aromatic rings. The lowest BCUT2D eigenvalue weighted by atomic mass is 10.0. The van der Waals surface area contributed by atoms with E-state index in [1.54, 1.807) is 0 Å². The van der Waals surface area contributed by atoms with Crippen molar-refractivity contribution in [2.45, 2.75) is 58.5 Å². The van der Waals surface area contributed by atoms with Crippen LogP contribution in [0.25, 0.3) is 0 Å². The van der Waals surface area contributed by atoms with Crippen LogP contribution in [0.2, 0.25) is 0 Å². The van der Waals surface area contributed by atoms with E-state index in [9.17, 15) is 4.79 Å². The Morgan fingerprint density at radius 2 is 2.00 bits per heavy atom. The lowest BCUT2D eigenvalue weighted by Crippen LogP contribution is -2.47. The molecule has 1 aliphatic rings. The minimum Gasteiger partial charge on any atom is -0.352 e. The average Bonchev–Trinajstić information content (AvgIpc) is 2.35. The number of amides is 1. The van der Waals surface area contributed by atoms with E-state index in [1.807, 2.05) is 0 Å². The van der Waals surface area contributed by atoms with Crippen LogP contribution < -0.4 is 10.6 Å². The van der Waals surface area contributed by atoms with Crippen LogP contribution in [-0.4, -0.2) is 49.1 Å². The van der Waals surface area contributed by atoms with Gasteiger partial charge in [0.1, 0.15) is 0 Å². The smallest absolute Gasteiger partial charge is 0.234 e. The summed E-state index contributed by atoms with van der Waals surface area (Å²) in [7, 11) is 0. The fraction of sp³-hybridized carbons (Fsp3) is 0.929. The highest BCUT2D eigenvalue weighted by Gasteiger charge is 2.19. The topological polar surface area (TPSA) is 44.4 Å². The summed E-state index contributed by atoms with van der Waals surface area (Å²) in [4.78, 5) is 14.2. The van der Waals surface area contributed by atoms with Gasteiger partial charge in [0.2, 0.25) is 5.91 Å².